The minimum Gasteiger partial charge on any atom is -0.313 e. The molecule has 0 unspecified atom stereocenters. The number of aromatic amines is 1. The van der Waals surface area contributed by atoms with Crippen molar-refractivity contribution in [3.8, 4) is 0 Å². The SMILES string of the molecule is Cc1ccc(/C=c2\s/c(=C\C(=O)c3ccc(Cl)cc3)[nH]c2=O)c(C)c1. The number of rotatable bonds is 3. The van der Waals surface area contributed by atoms with Gasteiger partial charge in [-0.25, -0.2) is 0 Å². The van der Waals surface area contributed by atoms with Crippen LogP contribution in [0.3, 0.4) is 0 Å². The predicted octanol–water partition coefficient (Wildman–Crippen LogP) is 3.20. The molecule has 1 N–H and O–H groups in total. The fraction of sp³-hybridized carbons (Fsp3) is 0.100. The van der Waals surface area contributed by atoms with Crippen LogP contribution in [0.25, 0.3) is 12.2 Å². The van der Waals surface area contributed by atoms with Crippen molar-refractivity contribution < 1.29 is 4.79 Å². The number of Topliss-reactive ketones (excluding diaryl/α,β-unsaturated/α-hetero) is 1. The van der Waals surface area contributed by atoms with Gasteiger partial charge in [0.05, 0.1) is 9.20 Å². The van der Waals surface area contributed by atoms with E-state index in [0.717, 1.165) is 11.1 Å². The zero-order valence-electron chi connectivity index (χ0n) is 13.8. The molecule has 0 atom stereocenters. The first-order valence-electron chi connectivity index (χ1n) is 7.72. The summed E-state index contributed by atoms with van der Waals surface area (Å²) in [6, 6.07) is 12.7. The summed E-state index contributed by atoms with van der Waals surface area (Å²) in [6.07, 6.45) is 3.29. The van der Waals surface area contributed by atoms with Gasteiger partial charge in [-0.05, 0) is 55.3 Å². The molecule has 0 spiro atoms. The van der Waals surface area contributed by atoms with Crippen LogP contribution in [0.15, 0.2) is 47.3 Å². The van der Waals surface area contributed by atoms with Crippen LogP contribution < -0.4 is 14.8 Å². The van der Waals surface area contributed by atoms with Crippen LogP contribution in [0.2, 0.25) is 5.02 Å². The third-order valence-electron chi connectivity index (χ3n) is 3.78. The molecule has 3 rings (SSSR count). The number of nitrogens with one attached hydrogen (secondary N) is 1. The molecule has 0 saturated heterocycles. The van der Waals surface area contributed by atoms with E-state index in [2.05, 4.69) is 11.1 Å². The van der Waals surface area contributed by atoms with Crippen LogP contribution in [0.4, 0.5) is 0 Å². The van der Waals surface area contributed by atoms with E-state index in [4.69, 9.17) is 11.6 Å². The van der Waals surface area contributed by atoms with Gasteiger partial charge in [-0.2, -0.15) is 0 Å². The summed E-state index contributed by atoms with van der Waals surface area (Å²) >= 11 is 7.10. The zero-order valence-corrected chi connectivity index (χ0v) is 15.4. The standard InChI is InChI=1S/C20H16ClNO2S/c1-12-3-4-15(13(2)9-12)10-18-20(24)22-19(25-18)11-17(23)14-5-7-16(21)8-6-14/h3-11H,1-2H3,(H,22,24)/b18-10-,19-11-. The molecule has 25 heavy (non-hydrogen) atoms. The number of aromatic nitrogens is 1. The molecule has 0 aliphatic rings. The van der Waals surface area contributed by atoms with Gasteiger partial charge in [0.15, 0.2) is 5.78 Å². The summed E-state index contributed by atoms with van der Waals surface area (Å²) in [6.45, 7) is 4.04. The van der Waals surface area contributed by atoms with E-state index in [1.807, 2.05) is 32.1 Å². The molecule has 5 heteroatoms. The number of ketones is 1. The van der Waals surface area contributed by atoms with Gasteiger partial charge in [0, 0.05) is 16.7 Å². The normalized spacial score (nSPS) is 12.6. The average molecular weight is 370 g/mol. The van der Waals surface area contributed by atoms with Gasteiger partial charge >= 0.3 is 0 Å². The third kappa shape index (κ3) is 4.16. The van der Waals surface area contributed by atoms with Gasteiger partial charge in [-0.3, -0.25) is 9.59 Å². The monoisotopic (exact) mass is 369 g/mol. The van der Waals surface area contributed by atoms with Crippen molar-refractivity contribution in [2.24, 2.45) is 0 Å². The summed E-state index contributed by atoms with van der Waals surface area (Å²) in [5, 5.41) is 0.575. The minimum absolute atomic E-state index is 0.174. The second-order valence-electron chi connectivity index (χ2n) is 5.80. The Kier molecular flexibility index (Phi) is 5.02. The van der Waals surface area contributed by atoms with Gasteiger partial charge < -0.3 is 4.98 Å². The molecule has 1 aromatic heterocycles. The Morgan fingerprint density at radius 1 is 1.12 bits per heavy atom. The summed E-state index contributed by atoms with van der Waals surface area (Å²) in [7, 11) is 0. The number of carbonyl (C=O) groups is 1. The van der Waals surface area contributed by atoms with Crippen LogP contribution in [0, 0.1) is 13.8 Å². The van der Waals surface area contributed by atoms with Crippen molar-refractivity contribution in [3.63, 3.8) is 0 Å². The number of benzene rings is 2. The third-order valence-corrected chi connectivity index (χ3v) is 5.00. The van der Waals surface area contributed by atoms with E-state index in [1.165, 1.54) is 23.0 Å². The molecule has 0 aliphatic heterocycles. The van der Waals surface area contributed by atoms with Crippen molar-refractivity contribution in [1.29, 1.82) is 0 Å². The van der Waals surface area contributed by atoms with Gasteiger partial charge in [0.25, 0.3) is 5.56 Å². The number of hydrogen-bond donors (Lipinski definition) is 1. The highest BCUT2D eigenvalue weighted by Gasteiger charge is 2.04. The lowest BCUT2D eigenvalue weighted by Gasteiger charge is -2.00. The average Bonchev–Trinajstić information content (AvgIpc) is 2.90. The number of hydrogen-bond acceptors (Lipinski definition) is 3. The summed E-state index contributed by atoms with van der Waals surface area (Å²) in [5.74, 6) is -0.174. The van der Waals surface area contributed by atoms with Crippen molar-refractivity contribution in [3.05, 3.63) is 89.3 Å². The Hall–Kier alpha value is -2.43. The van der Waals surface area contributed by atoms with E-state index in [-0.39, 0.29) is 11.3 Å². The second-order valence-corrected chi connectivity index (χ2v) is 7.32. The van der Waals surface area contributed by atoms with Crippen LogP contribution in [-0.2, 0) is 0 Å². The Balaban J connectivity index is 1.99. The molecule has 3 aromatic rings. The molecule has 2 aromatic carbocycles. The highest BCUT2D eigenvalue weighted by Crippen LogP contribution is 2.11. The van der Waals surface area contributed by atoms with Gasteiger partial charge in [-0.1, -0.05) is 35.4 Å². The van der Waals surface area contributed by atoms with E-state index in [9.17, 15) is 9.59 Å². The van der Waals surface area contributed by atoms with Gasteiger partial charge in [0.2, 0.25) is 0 Å². The van der Waals surface area contributed by atoms with Crippen molar-refractivity contribution >= 4 is 40.9 Å². The molecule has 126 valence electrons. The van der Waals surface area contributed by atoms with E-state index in [0.29, 0.717) is 19.8 Å². The van der Waals surface area contributed by atoms with Gasteiger partial charge in [0.1, 0.15) is 0 Å². The minimum atomic E-state index is -0.194. The van der Waals surface area contributed by atoms with Gasteiger partial charge in [-0.15, -0.1) is 11.3 Å². The molecule has 0 bridgehead atoms. The van der Waals surface area contributed by atoms with Crippen molar-refractivity contribution in [1.82, 2.24) is 4.98 Å². The molecule has 0 fully saturated rings. The van der Waals surface area contributed by atoms with Crippen LogP contribution >= 0.6 is 22.9 Å². The fourth-order valence-electron chi connectivity index (χ4n) is 2.47. The number of halogens is 1. The maximum absolute atomic E-state index is 12.3. The second kappa shape index (κ2) is 7.21. The topological polar surface area (TPSA) is 49.9 Å². The number of thiazole rings is 1. The zero-order chi connectivity index (χ0) is 18.0. The maximum Gasteiger partial charge on any atom is 0.266 e. The first-order chi connectivity index (χ1) is 11.9. The lowest BCUT2D eigenvalue weighted by molar-refractivity contribution is 0.106. The molecule has 0 saturated carbocycles. The fourth-order valence-corrected chi connectivity index (χ4v) is 3.47. The van der Waals surface area contributed by atoms with Crippen LogP contribution in [0.5, 0.6) is 0 Å². The Bertz CT molecular complexity index is 1110. The Labute approximate surface area is 153 Å². The molecule has 0 aliphatic carbocycles. The largest absolute Gasteiger partial charge is 0.313 e. The molecule has 1 heterocycles. The van der Waals surface area contributed by atoms with Crippen molar-refractivity contribution in [2.75, 3.05) is 0 Å². The highest BCUT2D eigenvalue weighted by molar-refractivity contribution is 7.07. The molecule has 3 nitrogen and oxygen atoms in total. The van der Waals surface area contributed by atoms with E-state index in [1.54, 1.807) is 24.3 Å². The molecular formula is C20H16ClNO2S. The smallest absolute Gasteiger partial charge is 0.266 e. The molecule has 0 amide bonds. The number of aryl methyl sites for hydroxylation is 2. The van der Waals surface area contributed by atoms with E-state index < -0.39 is 0 Å². The quantitative estimate of drug-likeness (QED) is 0.721. The Morgan fingerprint density at radius 2 is 1.84 bits per heavy atom. The van der Waals surface area contributed by atoms with Crippen molar-refractivity contribution in [2.45, 2.75) is 13.8 Å². The van der Waals surface area contributed by atoms with E-state index >= 15 is 0 Å². The summed E-state index contributed by atoms with van der Waals surface area (Å²) in [5.41, 5.74) is 3.61. The predicted molar refractivity (Wildman–Crippen MR) is 104 cm³/mol. The van der Waals surface area contributed by atoms with Crippen LogP contribution in [0.1, 0.15) is 27.0 Å². The lowest BCUT2D eigenvalue weighted by Crippen LogP contribution is -2.20. The Morgan fingerprint density at radius 3 is 2.52 bits per heavy atom. The molecule has 0 radical (unpaired) electrons. The maximum atomic E-state index is 12.3. The lowest BCUT2D eigenvalue weighted by atomic mass is 10.1. The number of H-pyrrole nitrogens is 1. The molecular weight excluding hydrogens is 354 g/mol. The summed E-state index contributed by atoms with van der Waals surface area (Å²) in [4.78, 5) is 27.2. The highest BCUT2D eigenvalue weighted by atomic mass is 35.5. The summed E-state index contributed by atoms with van der Waals surface area (Å²) < 4.78 is 1.10. The number of carbonyl (C=O) groups excluding carboxylic acids is 1. The first kappa shape index (κ1) is 17.4. The van der Waals surface area contributed by atoms with Crippen LogP contribution in [-0.4, -0.2) is 10.8 Å². The first-order valence-corrected chi connectivity index (χ1v) is 8.91.